The molecular formula is C12H15NO3. The summed E-state index contributed by atoms with van der Waals surface area (Å²) in [6, 6.07) is 1.72. The number of Topliss-reactive ketones (excluding diaryl/α,β-unsaturated/α-hetero) is 1. The summed E-state index contributed by atoms with van der Waals surface area (Å²) in [5.41, 5.74) is 0.596. The van der Waals surface area contributed by atoms with Gasteiger partial charge in [-0.15, -0.1) is 0 Å². The van der Waals surface area contributed by atoms with Crippen LogP contribution in [0.4, 0.5) is 0 Å². The van der Waals surface area contributed by atoms with Gasteiger partial charge in [-0.1, -0.05) is 13.8 Å². The highest BCUT2D eigenvalue weighted by Gasteiger charge is 2.18. The van der Waals surface area contributed by atoms with Crippen LogP contribution in [0.15, 0.2) is 12.3 Å². The number of rotatable bonds is 3. The van der Waals surface area contributed by atoms with E-state index in [-0.39, 0.29) is 11.7 Å². The molecule has 0 radical (unpaired) electrons. The Morgan fingerprint density at radius 1 is 1.50 bits per heavy atom. The van der Waals surface area contributed by atoms with Crippen LogP contribution in [-0.2, 0) is 0 Å². The number of ether oxygens (including phenoxy) is 2. The lowest BCUT2D eigenvalue weighted by Crippen LogP contribution is -2.18. The summed E-state index contributed by atoms with van der Waals surface area (Å²) in [4.78, 5) is 16.0. The molecule has 0 fully saturated rings. The van der Waals surface area contributed by atoms with Crippen LogP contribution < -0.4 is 9.47 Å². The summed E-state index contributed by atoms with van der Waals surface area (Å²) in [5.74, 6) is 1.17. The van der Waals surface area contributed by atoms with Gasteiger partial charge in [0.15, 0.2) is 11.5 Å². The quantitative estimate of drug-likeness (QED) is 0.733. The van der Waals surface area contributed by atoms with Gasteiger partial charge in [0.05, 0.1) is 0 Å². The van der Waals surface area contributed by atoms with Gasteiger partial charge in [-0.25, -0.2) is 4.98 Å². The molecule has 1 aliphatic heterocycles. The molecule has 0 aromatic carbocycles. The molecule has 0 spiro atoms. The van der Waals surface area contributed by atoms with E-state index in [9.17, 15) is 4.79 Å². The van der Waals surface area contributed by atoms with Crippen molar-refractivity contribution >= 4 is 5.78 Å². The van der Waals surface area contributed by atoms with E-state index in [0.717, 1.165) is 6.42 Å². The van der Waals surface area contributed by atoms with Gasteiger partial charge in [0.1, 0.15) is 13.2 Å². The average Bonchev–Trinajstić information content (AvgIpc) is 2.36. The Hall–Kier alpha value is -1.58. The minimum Gasteiger partial charge on any atom is -0.484 e. The molecule has 0 saturated heterocycles. The Morgan fingerprint density at radius 3 is 3.00 bits per heavy atom. The SMILES string of the molecule is CC[C@@H](C)C(=O)c1cnc2c(c1)OCCO2. The third kappa shape index (κ3) is 2.01. The fourth-order valence-electron chi connectivity index (χ4n) is 1.54. The molecule has 86 valence electrons. The minimum atomic E-state index is 0.0179. The number of aromatic nitrogens is 1. The summed E-state index contributed by atoms with van der Waals surface area (Å²) in [6.45, 7) is 4.93. The number of hydrogen-bond donors (Lipinski definition) is 0. The smallest absolute Gasteiger partial charge is 0.257 e. The zero-order chi connectivity index (χ0) is 11.5. The van der Waals surface area contributed by atoms with Crippen LogP contribution in [0.1, 0.15) is 30.6 Å². The predicted molar refractivity (Wildman–Crippen MR) is 59.0 cm³/mol. The maximum absolute atomic E-state index is 11.9. The van der Waals surface area contributed by atoms with Crippen LogP contribution in [0.3, 0.4) is 0 Å². The highest BCUT2D eigenvalue weighted by Crippen LogP contribution is 2.28. The van der Waals surface area contributed by atoms with Crippen molar-refractivity contribution in [2.24, 2.45) is 5.92 Å². The first-order valence-electron chi connectivity index (χ1n) is 5.52. The second-order valence-electron chi connectivity index (χ2n) is 3.90. The number of fused-ring (bicyclic) bond motifs is 1. The molecule has 1 aromatic heterocycles. The zero-order valence-corrected chi connectivity index (χ0v) is 9.53. The second-order valence-corrected chi connectivity index (χ2v) is 3.90. The Kier molecular flexibility index (Phi) is 3.08. The van der Waals surface area contributed by atoms with Crippen molar-refractivity contribution in [3.8, 4) is 11.6 Å². The molecule has 0 saturated carbocycles. The van der Waals surface area contributed by atoms with Gasteiger partial charge in [-0.05, 0) is 12.5 Å². The molecule has 4 nitrogen and oxygen atoms in total. The van der Waals surface area contributed by atoms with Crippen molar-refractivity contribution < 1.29 is 14.3 Å². The molecule has 2 rings (SSSR count). The number of carbonyl (C=O) groups excluding carboxylic acids is 1. The van der Waals surface area contributed by atoms with Crippen LogP contribution in [0.25, 0.3) is 0 Å². The second kappa shape index (κ2) is 4.51. The maximum Gasteiger partial charge on any atom is 0.257 e. The number of nitrogens with zero attached hydrogens (tertiary/aromatic N) is 1. The van der Waals surface area contributed by atoms with Crippen LogP contribution in [-0.4, -0.2) is 24.0 Å². The molecule has 16 heavy (non-hydrogen) atoms. The third-order valence-corrected chi connectivity index (χ3v) is 2.74. The van der Waals surface area contributed by atoms with Crippen LogP contribution in [0.5, 0.6) is 11.6 Å². The molecule has 0 bridgehead atoms. The van der Waals surface area contributed by atoms with Crippen molar-refractivity contribution in [2.45, 2.75) is 20.3 Å². The number of ketones is 1. The molecule has 4 heteroatoms. The van der Waals surface area contributed by atoms with Crippen molar-refractivity contribution in [3.63, 3.8) is 0 Å². The zero-order valence-electron chi connectivity index (χ0n) is 9.53. The van der Waals surface area contributed by atoms with E-state index in [0.29, 0.717) is 30.4 Å². The maximum atomic E-state index is 11.9. The van der Waals surface area contributed by atoms with E-state index in [1.54, 1.807) is 12.3 Å². The monoisotopic (exact) mass is 221 g/mol. The van der Waals surface area contributed by atoms with Gasteiger partial charge in [0.25, 0.3) is 5.88 Å². The topological polar surface area (TPSA) is 48.4 Å². The Morgan fingerprint density at radius 2 is 2.25 bits per heavy atom. The molecular weight excluding hydrogens is 206 g/mol. The van der Waals surface area contributed by atoms with Gasteiger partial charge in [-0.3, -0.25) is 4.79 Å². The van der Waals surface area contributed by atoms with E-state index >= 15 is 0 Å². The number of pyridine rings is 1. The van der Waals surface area contributed by atoms with Gasteiger partial charge < -0.3 is 9.47 Å². The van der Waals surface area contributed by atoms with Crippen LogP contribution >= 0.6 is 0 Å². The molecule has 1 aromatic rings. The van der Waals surface area contributed by atoms with E-state index in [2.05, 4.69) is 4.98 Å². The number of carbonyl (C=O) groups is 1. The average molecular weight is 221 g/mol. The molecule has 0 amide bonds. The fraction of sp³-hybridized carbons (Fsp3) is 0.500. The Labute approximate surface area is 94.6 Å². The van der Waals surface area contributed by atoms with Crippen molar-refractivity contribution in [2.75, 3.05) is 13.2 Å². The van der Waals surface area contributed by atoms with Gasteiger partial charge in [0, 0.05) is 17.7 Å². The van der Waals surface area contributed by atoms with Crippen molar-refractivity contribution in [1.82, 2.24) is 4.98 Å². The Bertz CT molecular complexity index is 403. The molecule has 0 aliphatic carbocycles. The minimum absolute atomic E-state index is 0.0179. The molecule has 0 N–H and O–H groups in total. The summed E-state index contributed by atoms with van der Waals surface area (Å²) < 4.78 is 10.7. The van der Waals surface area contributed by atoms with E-state index in [1.165, 1.54) is 0 Å². The third-order valence-electron chi connectivity index (χ3n) is 2.74. The van der Waals surface area contributed by atoms with Gasteiger partial charge in [0.2, 0.25) is 0 Å². The molecule has 1 aliphatic rings. The molecule has 1 atom stereocenters. The summed E-state index contributed by atoms with van der Waals surface area (Å²) in [7, 11) is 0. The van der Waals surface area contributed by atoms with Crippen LogP contribution in [0, 0.1) is 5.92 Å². The van der Waals surface area contributed by atoms with Gasteiger partial charge >= 0.3 is 0 Å². The highest BCUT2D eigenvalue weighted by atomic mass is 16.6. The largest absolute Gasteiger partial charge is 0.484 e. The normalized spacial score (nSPS) is 15.6. The fourth-order valence-corrected chi connectivity index (χ4v) is 1.54. The predicted octanol–water partition coefficient (Wildman–Crippen LogP) is 2.08. The Balaban J connectivity index is 2.26. The van der Waals surface area contributed by atoms with Crippen molar-refractivity contribution in [1.29, 1.82) is 0 Å². The summed E-state index contributed by atoms with van der Waals surface area (Å²) >= 11 is 0. The highest BCUT2D eigenvalue weighted by molar-refractivity contribution is 5.97. The first-order valence-corrected chi connectivity index (χ1v) is 5.52. The van der Waals surface area contributed by atoms with E-state index in [1.807, 2.05) is 13.8 Å². The molecule has 2 heterocycles. The number of hydrogen-bond acceptors (Lipinski definition) is 4. The van der Waals surface area contributed by atoms with Crippen LogP contribution in [0.2, 0.25) is 0 Å². The lowest BCUT2D eigenvalue weighted by molar-refractivity contribution is 0.0925. The van der Waals surface area contributed by atoms with Crippen molar-refractivity contribution in [3.05, 3.63) is 17.8 Å². The van der Waals surface area contributed by atoms with Gasteiger partial charge in [-0.2, -0.15) is 0 Å². The lowest BCUT2D eigenvalue weighted by atomic mass is 9.98. The first kappa shape index (κ1) is 10.9. The van der Waals surface area contributed by atoms with E-state index in [4.69, 9.17) is 9.47 Å². The first-order chi connectivity index (χ1) is 7.72. The molecule has 0 unspecified atom stereocenters. The summed E-state index contributed by atoms with van der Waals surface area (Å²) in [5, 5.41) is 0. The lowest BCUT2D eigenvalue weighted by Gasteiger charge is -2.17. The standard InChI is InChI=1S/C12H15NO3/c1-3-8(2)11(14)9-6-10-12(13-7-9)16-5-4-15-10/h6-8H,3-5H2,1-2H3/t8-/m1/s1. The summed E-state index contributed by atoms with van der Waals surface area (Å²) in [6.07, 6.45) is 2.38. The van der Waals surface area contributed by atoms with E-state index < -0.39 is 0 Å².